The molecule has 0 aliphatic heterocycles. The summed E-state index contributed by atoms with van der Waals surface area (Å²) in [5.74, 6) is 0.540. The molecule has 0 bridgehead atoms. The molecule has 0 aromatic carbocycles. The van der Waals surface area contributed by atoms with Crippen LogP contribution in [0.4, 0.5) is 0 Å². The van der Waals surface area contributed by atoms with Crippen molar-refractivity contribution in [1.29, 1.82) is 0 Å². The van der Waals surface area contributed by atoms with E-state index in [1.807, 2.05) is 25.7 Å². The number of rotatable bonds is 9. The molecule has 0 saturated carbocycles. The molecule has 21 heavy (non-hydrogen) atoms. The quantitative estimate of drug-likeness (QED) is 0.754. The van der Waals surface area contributed by atoms with E-state index >= 15 is 0 Å². The molecular weight excluding hydrogens is 286 g/mol. The summed E-state index contributed by atoms with van der Waals surface area (Å²) in [4.78, 5) is 0. The Bertz CT molecular complexity index is 550. The second-order valence-electron chi connectivity index (χ2n) is 5.68. The summed E-state index contributed by atoms with van der Waals surface area (Å²) in [6, 6.07) is 0.357. The normalized spacial score (nSPS) is 13.6. The van der Waals surface area contributed by atoms with Gasteiger partial charge in [-0.05, 0) is 52.1 Å². The van der Waals surface area contributed by atoms with Crippen LogP contribution in [-0.2, 0) is 23.3 Å². The fraction of sp³-hybridized carbons (Fsp3) is 0.800. The van der Waals surface area contributed by atoms with Crippen molar-refractivity contribution in [2.24, 2.45) is 7.05 Å². The summed E-state index contributed by atoms with van der Waals surface area (Å²) in [5.41, 5.74) is 3.63. The Morgan fingerprint density at radius 2 is 1.95 bits per heavy atom. The first kappa shape index (κ1) is 18.2. The van der Waals surface area contributed by atoms with Crippen molar-refractivity contribution in [2.75, 3.05) is 18.6 Å². The van der Waals surface area contributed by atoms with Crippen LogP contribution in [0.1, 0.15) is 43.1 Å². The maximum Gasteiger partial charge on any atom is 0.150 e. The third-order valence-electron chi connectivity index (χ3n) is 4.26. The molecule has 1 atom stereocenters. The molecule has 0 amide bonds. The monoisotopic (exact) mass is 315 g/mol. The lowest BCUT2D eigenvalue weighted by Crippen LogP contribution is -2.26. The Morgan fingerprint density at radius 1 is 1.29 bits per heavy atom. The fourth-order valence-electron chi connectivity index (χ4n) is 2.62. The van der Waals surface area contributed by atoms with Crippen molar-refractivity contribution in [1.82, 2.24) is 15.1 Å². The van der Waals surface area contributed by atoms with Gasteiger partial charge < -0.3 is 5.32 Å². The summed E-state index contributed by atoms with van der Waals surface area (Å²) in [6.45, 7) is 5.85. The van der Waals surface area contributed by atoms with E-state index in [1.54, 1.807) is 6.92 Å². The first-order chi connectivity index (χ1) is 9.80. The standard InChI is InChI=1S/C15H29N3O2S/c1-6-21(19,20)11-7-8-14(16-4)9-10-15-12(2)17-18(5)13(15)3/h14,16H,6-11H2,1-5H3. The van der Waals surface area contributed by atoms with Crippen LogP contribution in [0.15, 0.2) is 0 Å². The first-order valence-corrected chi connectivity index (χ1v) is 9.49. The van der Waals surface area contributed by atoms with Gasteiger partial charge in [-0.25, -0.2) is 8.42 Å². The van der Waals surface area contributed by atoms with Gasteiger partial charge in [0.2, 0.25) is 0 Å². The lowest BCUT2D eigenvalue weighted by atomic mass is 10.0. The third-order valence-corrected chi connectivity index (χ3v) is 6.05. The van der Waals surface area contributed by atoms with E-state index in [4.69, 9.17) is 0 Å². The van der Waals surface area contributed by atoms with Crippen LogP contribution in [-0.4, -0.2) is 42.8 Å². The van der Waals surface area contributed by atoms with E-state index in [-0.39, 0.29) is 5.75 Å². The minimum atomic E-state index is -2.84. The number of hydrogen-bond donors (Lipinski definition) is 1. The van der Waals surface area contributed by atoms with Crippen molar-refractivity contribution in [3.05, 3.63) is 17.0 Å². The lowest BCUT2D eigenvalue weighted by molar-refractivity contribution is 0.481. The van der Waals surface area contributed by atoms with Gasteiger partial charge in [0.1, 0.15) is 9.84 Å². The van der Waals surface area contributed by atoms with Gasteiger partial charge in [0, 0.05) is 24.5 Å². The summed E-state index contributed by atoms with van der Waals surface area (Å²) < 4.78 is 24.9. The first-order valence-electron chi connectivity index (χ1n) is 7.67. The molecular formula is C15H29N3O2S. The molecule has 1 aromatic rings. The summed E-state index contributed by atoms with van der Waals surface area (Å²) in [5, 5.41) is 7.74. The zero-order valence-electron chi connectivity index (χ0n) is 13.9. The maximum absolute atomic E-state index is 11.5. The predicted octanol–water partition coefficient (Wildman–Crippen LogP) is 1.77. The van der Waals surface area contributed by atoms with Crippen LogP contribution < -0.4 is 5.32 Å². The molecule has 1 heterocycles. The van der Waals surface area contributed by atoms with E-state index in [0.717, 1.165) is 31.4 Å². The summed E-state index contributed by atoms with van der Waals surface area (Å²) >= 11 is 0. The van der Waals surface area contributed by atoms with E-state index < -0.39 is 9.84 Å². The predicted molar refractivity (Wildman–Crippen MR) is 87.4 cm³/mol. The smallest absolute Gasteiger partial charge is 0.150 e. The number of nitrogens with one attached hydrogen (secondary N) is 1. The highest BCUT2D eigenvalue weighted by molar-refractivity contribution is 7.91. The van der Waals surface area contributed by atoms with Gasteiger partial charge in [-0.1, -0.05) is 6.92 Å². The second kappa shape index (κ2) is 7.94. The van der Waals surface area contributed by atoms with Crippen LogP contribution in [0.2, 0.25) is 0 Å². The molecule has 0 spiro atoms. The van der Waals surface area contributed by atoms with Gasteiger partial charge in [0.25, 0.3) is 0 Å². The van der Waals surface area contributed by atoms with Crippen molar-refractivity contribution in [2.45, 2.75) is 52.5 Å². The minimum absolute atomic E-state index is 0.241. The van der Waals surface area contributed by atoms with E-state index in [2.05, 4.69) is 17.3 Å². The van der Waals surface area contributed by atoms with Gasteiger partial charge in [0.05, 0.1) is 11.4 Å². The Morgan fingerprint density at radius 3 is 2.43 bits per heavy atom. The molecule has 122 valence electrons. The zero-order valence-corrected chi connectivity index (χ0v) is 14.8. The Labute approximate surface area is 129 Å². The number of aromatic nitrogens is 2. The third kappa shape index (κ3) is 5.43. The SMILES string of the molecule is CCS(=O)(=O)CCCC(CCc1c(C)nn(C)c1C)NC. The van der Waals surface area contributed by atoms with E-state index in [0.29, 0.717) is 11.8 Å². The Kier molecular flexibility index (Phi) is 6.87. The van der Waals surface area contributed by atoms with Gasteiger partial charge in [-0.3, -0.25) is 4.68 Å². The number of nitrogens with zero attached hydrogens (tertiary/aromatic N) is 2. The average Bonchev–Trinajstić information content (AvgIpc) is 2.68. The fourth-order valence-corrected chi connectivity index (χ4v) is 3.52. The Balaban J connectivity index is 2.48. The molecule has 0 saturated heterocycles. The molecule has 1 N–H and O–H groups in total. The molecule has 0 aliphatic carbocycles. The molecule has 0 fully saturated rings. The molecule has 0 aliphatic rings. The lowest BCUT2D eigenvalue weighted by Gasteiger charge is -2.16. The van der Waals surface area contributed by atoms with Crippen LogP contribution in [0.5, 0.6) is 0 Å². The van der Waals surface area contributed by atoms with Gasteiger partial charge in [-0.2, -0.15) is 5.10 Å². The number of hydrogen-bond acceptors (Lipinski definition) is 4. The topological polar surface area (TPSA) is 64.0 Å². The molecule has 5 nitrogen and oxygen atoms in total. The van der Waals surface area contributed by atoms with E-state index in [9.17, 15) is 8.42 Å². The van der Waals surface area contributed by atoms with Gasteiger partial charge >= 0.3 is 0 Å². The van der Waals surface area contributed by atoms with Crippen LogP contribution in [0, 0.1) is 13.8 Å². The summed E-state index contributed by atoms with van der Waals surface area (Å²) in [7, 11) is 1.07. The van der Waals surface area contributed by atoms with Crippen molar-refractivity contribution < 1.29 is 8.42 Å². The average molecular weight is 315 g/mol. The largest absolute Gasteiger partial charge is 0.317 e. The number of aryl methyl sites for hydroxylation is 2. The van der Waals surface area contributed by atoms with Crippen LogP contribution in [0.3, 0.4) is 0 Å². The van der Waals surface area contributed by atoms with Gasteiger partial charge in [-0.15, -0.1) is 0 Å². The van der Waals surface area contributed by atoms with Crippen molar-refractivity contribution >= 4 is 9.84 Å². The highest BCUT2D eigenvalue weighted by Gasteiger charge is 2.14. The number of sulfone groups is 1. The molecule has 1 aromatic heterocycles. The highest BCUT2D eigenvalue weighted by atomic mass is 32.2. The minimum Gasteiger partial charge on any atom is -0.317 e. The van der Waals surface area contributed by atoms with Crippen molar-refractivity contribution in [3.8, 4) is 0 Å². The molecule has 1 unspecified atom stereocenters. The van der Waals surface area contributed by atoms with E-state index in [1.165, 1.54) is 11.3 Å². The Hall–Kier alpha value is -0.880. The zero-order chi connectivity index (χ0) is 16.0. The van der Waals surface area contributed by atoms with Crippen LogP contribution in [0.25, 0.3) is 0 Å². The van der Waals surface area contributed by atoms with Crippen molar-refractivity contribution in [3.63, 3.8) is 0 Å². The second-order valence-corrected chi connectivity index (χ2v) is 8.15. The summed E-state index contributed by atoms with van der Waals surface area (Å²) in [6.07, 6.45) is 3.62. The molecule has 0 radical (unpaired) electrons. The molecule has 6 heteroatoms. The maximum atomic E-state index is 11.5. The molecule has 1 rings (SSSR count). The van der Waals surface area contributed by atoms with Crippen LogP contribution >= 0.6 is 0 Å². The highest BCUT2D eigenvalue weighted by Crippen LogP contribution is 2.16. The van der Waals surface area contributed by atoms with Gasteiger partial charge in [0.15, 0.2) is 0 Å².